The number of aromatic amines is 1. The van der Waals surface area contributed by atoms with Crippen LogP contribution in [0.5, 0.6) is 5.75 Å². The molecule has 0 saturated carbocycles. The summed E-state index contributed by atoms with van der Waals surface area (Å²) in [4.78, 5) is 29.7. The third-order valence-corrected chi connectivity index (χ3v) is 4.83. The summed E-state index contributed by atoms with van der Waals surface area (Å²) in [5.74, 6) is 0.356. The van der Waals surface area contributed by atoms with Gasteiger partial charge in [0.25, 0.3) is 5.56 Å². The predicted octanol–water partition coefficient (Wildman–Crippen LogP) is 4.44. The molecule has 0 bridgehead atoms. The zero-order chi connectivity index (χ0) is 22.4. The molecule has 3 rings (SSSR count). The van der Waals surface area contributed by atoms with Crippen molar-refractivity contribution in [1.82, 2.24) is 9.78 Å². The fourth-order valence-corrected chi connectivity index (χ4v) is 3.34. The first kappa shape index (κ1) is 22.1. The van der Waals surface area contributed by atoms with E-state index >= 15 is 0 Å². The number of hydrogen-bond donors (Lipinski definition) is 1. The van der Waals surface area contributed by atoms with E-state index in [1.807, 2.05) is 31.2 Å². The number of benzene rings is 2. The van der Waals surface area contributed by atoms with Gasteiger partial charge in [-0.05, 0) is 68.8 Å². The molecule has 0 unspecified atom stereocenters. The van der Waals surface area contributed by atoms with Crippen LogP contribution in [0, 0.1) is 0 Å². The van der Waals surface area contributed by atoms with Crippen molar-refractivity contribution in [3.05, 3.63) is 75.7 Å². The minimum Gasteiger partial charge on any atom is -0.497 e. The van der Waals surface area contributed by atoms with Gasteiger partial charge in [-0.15, -0.1) is 0 Å². The lowest BCUT2D eigenvalue weighted by molar-refractivity contribution is 0.0526. The SMILES string of the molecule is CCCc1[nH]n(-c2ccc(OC)cc2)c(=O)c1C(C)=Nc1ccc(C(=O)OCC)cc1. The number of nitrogens with one attached hydrogen (secondary N) is 1. The molecule has 0 saturated heterocycles. The molecule has 2 aromatic carbocycles. The van der Waals surface area contributed by atoms with Gasteiger partial charge >= 0.3 is 5.97 Å². The number of aliphatic imine (C=N–C) groups is 1. The van der Waals surface area contributed by atoms with Crippen molar-refractivity contribution in [1.29, 1.82) is 0 Å². The number of carbonyl (C=O) groups is 1. The zero-order valence-electron chi connectivity index (χ0n) is 18.3. The van der Waals surface area contributed by atoms with Crippen LogP contribution < -0.4 is 10.3 Å². The molecular weight excluding hydrogens is 394 g/mol. The molecule has 0 fully saturated rings. The van der Waals surface area contributed by atoms with Gasteiger partial charge in [0.05, 0.1) is 41.9 Å². The third-order valence-electron chi connectivity index (χ3n) is 4.83. The van der Waals surface area contributed by atoms with Crippen molar-refractivity contribution in [3.63, 3.8) is 0 Å². The van der Waals surface area contributed by atoms with Crippen LogP contribution in [0.4, 0.5) is 5.69 Å². The standard InChI is InChI=1S/C24H27N3O4/c1-5-7-21-22(23(28)27(26-21)19-12-14-20(30-4)15-13-19)16(3)25-18-10-8-17(9-11-18)24(29)31-6-2/h8-15,26H,5-7H2,1-4H3. The minimum absolute atomic E-state index is 0.155. The highest BCUT2D eigenvalue weighted by Gasteiger charge is 2.17. The summed E-state index contributed by atoms with van der Waals surface area (Å²) < 4.78 is 11.7. The largest absolute Gasteiger partial charge is 0.497 e. The Morgan fingerprint density at radius 1 is 1.06 bits per heavy atom. The Balaban J connectivity index is 1.97. The molecule has 1 heterocycles. The summed E-state index contributed by atoms with van der Waals surface area (Å²) in [5.41, 5.74) is 3.71. The molecular formula is C24H27N3O4. The fraction of sp³-hybridized carbons (Fsp3) is 0.292. The van der Waals surface area contributed by atoms with Gasteiger partial charge < -0.3 is 9.47 Å². The molecule has 0 aliphatic heterocycles. The van der Waals surface area contributed by atoms with Crippen molar-refractivity contribution < 1.29 is 14.3 Å². The van der Waals surface area contributed by atoms with Crippen LogP contribution in [0.1, 0.15) is 48.8 Å². The zero-order valence-corrected chi connectivity index (χ0v) is 18.3. The Kier molecular flexibility index (Phi) is 7.07. The first-order valence-electron chi connectivity index (χ1n) is 10.3. The molecule has 0 aliphatic rings. The molecule has 0 atom stereocenters. The molecule has 1 aromatic heterocycles. The number of hydrogen-bond acceptors (Lipinski definition) is 5. The molecule has 31 heavy (non-hydrogen) atoms. The predicted molar refractivity (Wildman–Crippen MR) is 121 cm³/mol. The molecule has 0 amide bonds. The van der Waals surface area contributed by atoms with E-state index in [-0.39, 0.29) is 11.5 Å². The smallest absolute Gasteiger partial charge is 0.338 e. The second-order valence-electron chi connectivity index (χ2n) is 7.02. The monoisotopic (exact) mass is 421 g/mol. The maximum absolute atomic E-state index is 13.2. The quantitative estimate of drug-likeness (QED) is 0.430. The molecule has 0 aliphatic carbocycles. The van der Waals surface area contributed by atoms with E-state index in [1.54, 1.807) is 38.3 Å². The number of carbonyl (C=O) groups excluding carboxylic acids is 1. The van der Waals surface area contributed by atoms with Gasteiger partial charge in [0.15, 0.2) is 0 Å². The lowest BCUT2D eigenvalue weighted by Crippen LogP contribution is -2.19. The van der Waals surface area contributed by atoms with E-state index in [1.165, 1.54) is 4.68 Å². The molecule has 162 valence electrons. The van der Waals surface area contributed by atoms with Crippen LogP contribution >= 0.6 is 0 Å². The summed E-state index contributed by atoms with van der Waals surface area (Å²) in [6.07, 6.45) is 1.61. The van der Waals surface area contributed by atoms with Gasteiger partial charge in [0, 0.05) is 5.69 Å². The van der Waals surface area contributed by atoms with Crippen LogP contribution in [0.25, 0.3) is 5.69 Å². The molecule has 1 N–H and O–H groups in total. The first-order valence-corrected chi connectivity index (χ1v) is 10.3. The van der Waals surface area contributed by atoms with Crippen molar-refractivity contribution in [2.24, 2.45) is 4.99 Å². The Hall–Kier alpha value is -3.61. The summed E-state index contributed by atoms with van der Waals surface area (Å²) in [6.45, 7) is 5.98. The van der Waals surface area contributed by atoms with Gasteiger partial charge in [0.1, 0.15) is 5.75 Å². The first-order chi connectivity index (χ1) is 15.0. The van der Waals surface area contributed by atoms with Crippen LogP contribution in [0.2, 0.25) is 0 Å². The van der Waals surface area contributed by atoms with Gasteiger partial charge in [-0.2, -0.15) is 0 Å². The van der Waals surface area contributed by atoms with E-state index in [4.69, 9.17) is 9.47 Å². The Morgan fingerprint density at radius 2 is 1.74 bits per heavy atom. The number of aryl methyl sites for hydroxylation is 1. The Morgan fingerprint density at radius 3 is 2.32 bits per heavy atom. The van der Waals surface area contributed by atoms with Crippen LogP contribution in [0.15, 0.2) is 58.3 Å². The highest BCUT2D eigenvalue weighted by Crippen LogP contribution is 2.18. The van der Waals surface area contributed by atoms with Gasteiger partial charge in [-0.1, -0.05) is 13.3 Å². The second-order valence-corrected chi connectivity index (χ2v) is 7.02. The summed E-state index contributed by atoms with van der Waals surface area (Å²) in [6, 6.07) is 14.1. The topological polar surface area (TPSA) is 85.7 Å². The van der Waals surface area contributed by atoms with Crippen molar-refractivity contribution in [3.8, 4) is 11.4 Å². The van der Waals surface area contributed by atoms with Gasteiger partial charge in [-0.3, -0.25) is 14.9 Å². The number of ether oxygens (including phenoxy) is 2. The molecule has 7 heteroatoms. The average Bonchev–Trinajstić information content (AvgIpc) is 3.10. The Labute approximate surface area is 181 Å². The summed E-state index contributed by atoms with van der Waals surface area (Å²) in [7, 11) is 1.60. The lowest BCUT2D eigenvalue weighted by atomic mass is 10.1. The maximum Gasteiger partial charge on any atom is 0.338 e. The van der Waals surface area contributed by atoms with E-state index in [0.29, 0.717) is 29.1 Å². The number of aromatic nitrogens is 2. The van der Waals surface area contributed by atoms with Crippen molar-refractivity contribution in [2.45, 2.75) is 33.6 Å². The fourth-order valence-electron chi connectivity index (χ4n) is 3.34. The normalized spacial score (nSPS) is 11.4. The number of methoxy groups -OCH3 is 1. The highest BCUT2D eigenvalue weighted by molar-refractivity contribution is 6.01. The lowest BCUT2D eigenvalue weighted by Gasteiger charge is -2.03. The highest BCUT2D eigenvalue weighted by atomic mass is 16.5. The Bertz CT molecular complexity index is 1120. The average molecular weight is 421 g/mol. The number of H-pyrrole nitrogens is 1. The summed E-state index contributed by atoms with van der Waals surface area (Å²) in [5, 5.41) is 3.23. The maximum atomic E-state index is 13.2. The molecule has 0 radical (unpaired) electrons. The minimum atomic E-state index is -0.368. The van der Waals surface area contributed by atoms with Crippen LogP contribution in [-0.4, -0.2) is 35.2 Å². The van der Waals surface area contributed by atoms with Gasteiger partial charge in [-0.25, -0.2) is 9.48 Å². The number of nitrogens with zero attached hydrogens (tertiary/aromatic N) is 2. The number of esters is 1. The van der Waals surface area contributed by atoms with Crippen LogP contribution in [-0.2, 0) is 11.2 Å². The molecule has 0 spiro atoms. The molecule has 7 nitrogen and oxygen atoms in total. The second kappa shape index (κ2) is 9.93. The van der Waals surface area contributed by atoms with Crippen molar-refractivity contribution >= 4 is 17.4 Å². The summed E-state index contributed by atoms with van der Waals surface area (Å²) >= 11 is 0. The van der Waals surface area contributed by atoms with E-state index in [9.17, 15) is 9.59 Å². The van der Waals surface area contributed by atoms with Crippen LogP contribution in [0.3, 0.4) is 0 Å². The molecule has 3 aromatic rings. The number of rotatable bonds is 8. The van der Waals surface area contributed by atoms with E-state index in [0.717, 1.165) is 30.0 Å². The third kappa shape index (κ3) is 4.94. The van der Waals surface area contributed by atoms with E-state index < -0.39 is 0 Å². The van der Waals surface area contributed by atoms with E-state index in [2.05, 4.69) is 17.0 Å². The van der Waals surface area contributed by atoms with Gasteiger partial charge in [0.2, 0.25) is 0 Å². The van der Waals surface area contributed by atoms with Crippen molar-refractivity contribution in [2.75, 3.05) is 13.7 Å².